The molecule has 2 amide bonds. The van der Waals surface area contributed by atoms with E-state index in [4.69, 9.17) is 4.52 Å². The minimum Gasteiger partial charge on any atom is -0.339 e. The average Bonchev–Trinajstić information content (AvgIpc) is 2.97. The van der Waals surface area contributed by atoms with E-state index < -0.39 is 0 Å². The first kappa shape index (κ1) is 15.8. The highest BCUT2D eigenvalue weighted by Crippen LogP contribution is 2.26. The van der Waals surface area contributed by atoms with Crippen molar-refractivity contribution in [1.82, 2.24) is 20.4 Å². The van der Waals surface area contributed by atoms with Gasteiger partial charge in [0.05, 0.1) is 5.92 Å². The van der Waals surface area contributed by atoms with Crippen molar-refractivity contribution in [3.8, 4) is 0 Å². The molecule has 0 aromatic carbocycles. The molecule has 1 aromatic rings. The second-order valence-electron chi connectivity index (χ2n) is 6.02. The summed E-state index contributed by atoms with van der Waals surface area (Å²) in [6.07, 6.45) is 4.08. The molecule has 0 spiro atoms. The molecule has 1 saturated heterocycles. The summed E-state index contributed by atoms with van der Waals surface area (Å²) in [4.78, 5) is 18.4. The molecule has 0 bridgehead atoms. The van der Waals surface area contributed by atoms with Crippen LogP contribution < -0.4 is 5.32 Å². The summed E-state index contributed by atoms with van der Waals surface area (Å²) in [6, 6.07) is 0.0248. The van der Waals surface area contributed by atoms with Crippen molar-refractivity contribution in [2.75, 3.05) is 19.6 Å². The highest BCUT2D eigenvalue weighted by atomic mass is 16.5. The van der Waals surface area contributed by atoms with E-state index in [0.717, 1.165) is 44.6 Å². The lowest BCUT2D eigenvalue weighted by Crippen LogP contribution is -2.45. The molecule has 1 N–H and O–H groups in total. The van der Waals surface area contributed by atoms with Gasteiger partial charge in [0.2, 0.25) is 5.89 Å². The first-order valence-electron chi connectivity index (χ1n) is 7.98. The Morgan fingerprint density at radius 1 is 1.52 bits per heavy atom. The minimum absolute atomic E-state index is 0.0248. The van der Waals surface area contributed by atoms with E-state index >= 15 is 0 Å². The van der Waals surface area contributed by atoms with Gasteiger partial charge in [-0.2, -0.15) is 4.98 Å². The van der Waals surface area contributed by atoms with E-state index in [0.29, 0.717) is 12.4 Å². The van der Waals surface area contributed by atoms with Crippen molar-refractivity contribution in [1.29, 1.82) is 0 Å². The predicted molar refractivity (Wildman–Crippen MR) is 80.2 cm³/mol. The highest BCUT2D eigenvalue weighted by molar-refractivity contribution is 5.74. The maximum Gasteiger partial charge on any atom is 0.317 e. The van der Waals surface area contributed by atoms with Gasteiger partial charge in [0, 0.05) is 25.6 Å². The standard InChI is InChI=1S/C15H26N4O2/c1-4-5-8-16-15(20)19-9-6-7-12(10-19)14-17-13(11(2)3)18-21-14/h11-12H,4-10H2,1-3H3,(H,16,20)/t12-/m1/s1. The van der Waals surface area contributed by atoms with Gasteiger partial charge in [-0.15, -0.1) is 0 Å². The summed E-state index contributed by atoms with van der Waals surface area (Å²) in [5, 5.41) is 6.99. The molecule has 2 rings (SSSR count). The molecule has 0 unspecified atom stereocenters. The number of carbonyl (C=O) groups is 1. The van der Waals surface area contributed by atoms with Crippen molar-refractivity contribution in [2.45, 2.75) is 58.3 Å². The Morgan fingerprint density at radius 2 is 2.33 bits per heavy atom. The van der Waals surface area contributed by atoms with Gasteiger partial charge < -0.3 is 14.7 Å². The van der Waals surface area contributed by atoms with E-state index in [2.05, 4.69) is 22.4 Å². The molecule has 2 heterocycles. The second-order valence-corrected chi connectivity index (χ2v) is 6.02. The van der Waals surface area contributed by atoms with Crippen molar-refractivity contribution in [2.24, 2.45) is 0 Å². The Labute approximate surface area is 126 Å². The van der Waals surface area contributed by atoms with E-state index in [1.807, 2.05) is 18.7 Å². The van der Waals surface area contributed by atoms with Crippen LogP contribution in [0.15, 0.2) is 4.52 Å². The number of unbranched alkanes of at least 4 members (excludes halogenated alkanes) is 1. The zero-order valence-corrected chi connectivity index (χ0v) is 13.3. The van der Waals surface area contributed by atoms with Crippen molar-refractivity contribution in [3.05, 3.63) is 11.7 Å². The van der Waals surface area contributed by atoms with Crippen LogP contribution in [0.1, 0.15) is 70.0 Å². The summed E-state index contributed by atoms with van der Waals surface area (Å²) >= 11 is 0. The third-order valence-electron chi connectivity index (χ3n) is 3.84. The van der Waals surface area contributed by atoms with E-state index in [-0.39, 0.29) is 17.9 Å². The maximum absolute atomic E-state index is 12.1. The molecule has 118 valence electrons. The molecular formula is C15H26N4O2. The van der Waals surface area contributed by atoms with Gasteiger partial charge in [0.25, 0.3) is 0 Å². The molecule has 1 atom stereocenters. The van der Waals surface area contributed by atoms with Gasteiger partial charge in [-0.1, -0.05) is 32.3 Å². The van der Waals surface area contributed by atoms with Gasteiger partial charge in [-0.05, 0) is 19.3 Å². The molecule has 1 aliphatic heterocycles. The van der Waals surface area contributed by atoms with Crippen LogP contribution in [0.5, 0.6) is 0 Å². The topological polar surface area (TPSA) is 71.3 Å². The van der Waals surface area contributed by atoms with E-state index in [9.17, 15) is 4.79 Å². The van der Waals surface area contributed by atoms with Crippen molar-refractivity contribution >= 4 is 6.03 Å². The summed E-state index contributed by atoms with van der Waals surface area (Å²) in [6.45, 7) is 8.42. The number of aromatic nitrogens is 2. The number of piperidine rings is 1. The fraction of sp³-hybridized carbons (Fsp3) is 0.800. The third kappa shape index (κ3) is 4.19. The molecule has 6 heteroatoms. The first-order chi connectivity index (χ1) is 10.1. The molecule has 6 nitrogen and oxygen atoms in total. The zero-order valence-electron chi connectivity index (χ0n) is 13.3. The van der Waals surface area contributed by atoms with E-state index in [1.165, 1.54) is 0 Å². The lowest BCUT2D eigenvalue weighted by atomic mass is 9.98. The Morgan fingerprint density at radius 3 is 3.00 bits per heavy atom. The van der Waals surface area contributed by atoms with Gasteiger partial charge in [0.1, 0.15) is 0 Å². The predicted octanol–water partition coefficient (Wildman–Crippen LogP) is 2.88. The largest absolute Gasteiger partial charge is 0.339 e. The Kier molecular flexibility index (Phi) is 5.59. The van der Waals surface area contributed by atoms with Gasteiger partial charge in [0.15, 0.2) is 5.82 Å². The normalized spacial score (nSPS) is 19.0. The van der Waals surface area contributed by atoms with E-state index in [1.54, 1.807) is 0 Å². The number of likely N-dealkylation sites (tertiary alicyclic amines) is 1. The summed E-state index contributed by atoms with van der Waals surface area (Å²) in [5.41, 5.74) is 0. The van der Waals surface area contributed by atoms with Crippen molar-refractivity contribution < 1.29 is 9.32 Å². The van der Waals surface area contributed by atoms with Crippen LogP contribution in [0.3, 0.4) is 0 Å². The third-order valence-corrected chi connectivity index (χ3v) is 3.84. The number of hydrogen-bond donors (Lipinski definition) is 1. The van der Waals surface area contributed by atoms with Gasteiger partial charge in [-0.3, -0.25) is 0 Å². The highest BCUT2D eigenvalue weighted by Gasteiger charge is 2.28. The summed E-state index contributed by atoms with van der Waals surface area (Å²) < 4.78 is 5.37. The van der Waals surface area contributed by atoms with Crippen LogP contribution in [0, 0.1) is 0 Å². The van der Waals surface area contributed by atoms with Gasteiger partial charge in [-0.25, -0.2) is 4.79 Å². The Bertz CT molecular complexity index is 458. The van der Waals surface area contributed by atoms with Crippen LogP contribution in [0.25, 0.3) is 0 Å². The first-order valence-corrected chi connectivity index (χ1v) is 7.98. The number of rotatable bonds is 5. The SMILES string of the molecule is CCCCNC(=O)N1CCC[C@@H](c2nc(C(C)C)no2)C1. The molecule has 21 heavy (non-hydrogen) atoms. The van der Waals surface area contributed by atoms with Crippen molar-refractivity contribution in [3.63, 3.8) is 0 Å². The molecule has 0 aliphatic carbocycles. The minimum atomic E-state index is 0.0248. The molecule has 1 fully saturated rings. The second kappa shape index (κ2) is 7.43. The monoisotopic (exact) mass is 294 g/mol. The fourth-order valence-corrected chi connectivity index (χ4v) is 2.49. The summed E-state index contributed by atoms with van der Waals surface area (Å²) in [7, 11) is 0. The number of nitrogens with zero attached hydrogens (tertiary/aromatic N) is 3. The fourth-order valence-electron chi connectivity index (χ4n) is 2.49. The molecular weight excluding hydrogens is 268 g/mol. The Hall–Kier alpha value is -1.59. The maximum atomic E-state index is 12.1. The zero-order chi connectivity index (χ0) is 15.2. The smallest absolute Gasteiger partial charge is 0.317 e. The molecule has 1 aromatic heterocycles. The Balaban J connectivity index is 1.91. The molecule has 0 radical (unpaired) electrons. The molecule has 0 saturated carbocycles. The number of nitrogens with one attached hydrogen (secondary N) is 1. The lowest BCUT2D eigenvalue weighted by Gasteiger charge is -2.31. The lowest BCUT2D eigenvalue weighted by molar-refractivity contribution is 0.172. The van der Waals surface area contributed by atoms with Crippen LogP contribution in [-0.2, 0) is 0 Å². The van der Waals surface area contributed by atoms with Crippen LogP contribution in [0.2, 0.25) is 0 Å². The average molecular weight is 294 g/mol. The number of amides is 2. The number of hydrogen-bond acceptors (Lipinski definition) is 4. The van der Waals surface area contributed by atoms with Crippen LogP contribution >= 0.6 is 0 Å². The number of urea groups is 1. The van der Waals surface area contributed by atoms with Crippen LogP contribution in [0.4, 0.5) is 4.79 Å². The quantitative estimate of drug-likeness (QED) is 0.848. The van der Waals surface area contributed by atoms with Crippen LogP contribution in [-0.4, -0.2) is 40.7 Å². The molecule has 1 aliphatic rings. The van der Waals surface area contributed by atoms with Gasteiger partial charge >= 0.3 is 6.03 Å². The summed E-state index contributed by atoms with van der Waals surface area (Å²) in [5.74, 6) is 1.84. The number of carbonyl (C=O) groups excluding carboxylic acids is 1.